The summed E-state index contributed by atoms with van der Waals surface area (Å²) in [6, 6.07) is 6.40. The van der Waals surface area contributed by atoms with Crippen molar-refractivity contribution in [2.45, 2.75) is 18.3 Å². The number of benzene rings is 1. The molecule has 17 heavy (non-hydrogen) atoms. The third-order valence-electron chi connectivity index (χ3n) is 2.97. The first-order valence-corrected chi connectivity index (χ1v) is 6.62. The number of halogens is 3. The molecule has 0 aliphatic heterocycles. The third kappa shape index (κ3) is 3.84. The Morgan fingerprint density at radius 1 is 1.18 bits per heavy atom. The van der Waals surface area contributed by atoms with Gasteiger partial charge in [-0.15, -0.1) is 23.2 Å². The van der Waals surface area contributed by atoms with Crippen LogP contribution in [0.1, 0.15) is 18.4 Å². The van der Waals surface area contributed by atoms with Gasteiger partial charge in [0.1, 0.15) is 5.82 Å². The van der Waals surface area contributed by atoms with E-state index in [0.29, 0.717) is 18.4 Å². The van der Waals surface area contributed by atoms with Crippen molar-refractivity contribution >= 4 is 23.2 Å². The standard InChI is InChI=1S/C13H17Cl2FO/c1-17-8-2-7-13(9-14,10-15)11-3-5-12(16)6-4-11/h3-6H,2,7-10H2,1H3. The van der Waals surface area contributed by atoms with Crippen LogP contribution in [0, 0.1) is 5.82 Å². The van der Waals surface area contributed by atoms with Crippen LogP contribution in [0.3, 0.4) is 0 Å². The molecule has 0 radical (unpaired) electrons. The van der Waals surface area contributed by atoms with Gasteiger partial charge in [-0.25, -0.2) is 4.39 Å². The summed E-state index contributed by atoms with van der Waals surface area (Å²) in [4.78, 5) is 0. The molecule has 0 saturated carbocycles. The predicted octanol–water partition coefficient (Wildman–Crippen LogP) is 3.97. The summed E-state index contributed by atoms with van der Waals surface area (Å²) in [5, 5.41) is 0. The lowest BCUT2D eigenvalue weighted by molar-refractivity contribution is 0.186. The van der Waals surface area contributed by atoms with Crippen molar-refractivity contribution in [3.05, 3.63) is 35.6 Å². The molecule has 0 fully saturated rings. The van der Waals surface area contributed by atoms with E-state index in [4.69, 9.17) is 27.9 Å². The Labute approximate surface area is 112 Å². The number of alkyl halides is 2. The minimum atomic E-state index is -0.296. The molecule has 0 bridgehead atoms. The Balaban J connectivity index is 2.85. The quantitative estimate of drug-likeness (QED) is 0.542. The van der Waals surface area contributed by atoms with Crippen LogP contribution in [0.4, 0.5) is 4.39 Å². The molecule has 0 unspecified atom stereocenters. The van der Waals surface area contributed by atoms with Crippen LogP contribution >= 0.6 is 23.2 Å². The van der Waals surface area contributed by atoms with Gasteiger partial charge in [-0.3, -0.25) is 0 Å². The zero-order valence-electron chi connectivity index (χ0n) is 9.89. The van der Waals surface area contributed by atoms with E-state index in [1.165, 1.54) is 12.1 Å². The minimum Gasteiger partial charge on any atom is -0.385 e. The molecule has 1 aromatic rings. The van der Waals surface area contributed by atoms with E-state index in [0.717, 1.165) is 18.4 Å². The molecular weight excluding hydrogens is 262 g/mol. The SMILES string of the molecule is COCCCC(CCl)(CCl)c1ccc(F)cc1. The van der Waals surface area contributed by atoms with Crippen molar-refractivity contribution in [3.8, 4) is 0 Å². The Kier molecular flexibility index (Phi) is 6.24. The van der Waals surface area contributed by atoms with Gasteiger partial charge in [0, 0.05) is 30.9 Å². The van der Waals surface area contributed by atoms with Crippen LogP contribution in [-0.4, -0.2) is 25.5 Å². The van der Waals surface area contributed by atoms with Gasteiger partial charge in [0.15, 0.2) is 0 Å². The van der Waals surface area contributed by atoms with E-state index in [2.05, 4.69) is 0 Å². The molecule has 0 amide bonds. The molecule has 1 rings (SSSR count). The number of ether oxygens (including phenoxy) is 1. The first kappa shape index (κ1) is 14.7. The molecular formula is C13H17Cl2FO. The van der Waals surface area contributed by atoms with Gasteiger partial charge in [0.2, 0.25) is 0 Å². The molecule has 4 heteroatoms. The summed E-state index contributed by atoms with van der Waals surface area (Å²) in [6.45, 7) is 0.677. The van der Waals surface area contributed by atoms with Crippen LogP contribution in [0.5, 0.6) is 0 Å². The van der Waals surface area contributed by atoms with Crippen molar-refractivity contribution in [1.29, 1.82) is 0 Å². The number of methoxy groups -OCH3 is 1. The second-order valence-electron chi connectivity index (χ2n) is 4.15. The maximum absolute atomic E-state index is 12.9. The van der Waals surface area contributed by atoms with Crippen LogP contribution < -0.4 is 0 Å². The van der Waals surface area contributed by atoms with Crippen molar-refractivity contribution < 1.29 is 9.13 Å². The average molecular weight is 279 g/mol. The first-order valence-electron chi connectivity index (χ1n) is 5.55. The highest BCUT2D eigenvalue weighted by Gasteiger charge is 2.30. The van der Waals surface area contributed by atoms with E-state index in [-0.39, 0.29) is 11.2 Å². The Bertz CT molecular complexity index is 323. The van der Waals surface area contributed by atoms with Gasteiger partial charge in [-0.2, -0.15) is 0 Å². The molecule has 0 N–H and O–H groups in total. The van der Waals surface area contributed by atoms with Gasteiger partial charge in [0.05, 0.1) is 0 Å². The maximum Gasteiger partial charge on any atom is 0.123 e. The van der Waals surface area contributed by atoms with Crippen molar-refractivity contribution in [1.82, 2.24) is 0 Å². The summed E-state index contributed by atoms with van der Waals surface area (Å²) in [6.07, 6.45) is 1.72. The van der Waals surface area contributed by atoms with Gasteiger partial charge in [-0.1, -0.05) is 12.1 Å². The zero-order valence-corrected chi connectivity index (χ0v) is 11.4. The largest absolute Gasteiger partial charge is 0.385 e. The zero-order chi connectivity index (χ0) is 12.7. The second kappa shape index (κ2) is 7.20. The average Bonchev–Trinajstić information content (AvgIpc) is 2.37. The fourth-order valence-electron chi connectivity index (χ4n) is 1.83. The number of rotatable bonds is 7. The van der Waals surface area contributed by atoms with E-state index >= 15 is 0 Å². The predicted molar refractivity (Wildman–Crippen MR) is 70.6 cm³/mol. The van der Waals surface area contributed by atoms with Crippen LogP contribution in [0.2, 0.25) is 0 Å². The van der Waals surface area contributed by atoms with Gasteiger partial charge in [-0.05, 0) is 30.5 Å². The van der Waals surface area contributed by atoms with E-state index < -0.39 is 0 Å². The summed E-state index contributed by atoms with van der Waals surface area (Å²) in [5.74, 6) is 0.598. The van der Waals surface area contributed by atoms with Crippen LogP contribution in [0.15, 0.2) is 24.3 Å². The fourth-order valence-corrected chi connectivity index (χ4v) is 2.69. The molecule has 0 saturated heterocycles. The number of hydrogen-bond acceptors (Lipinski definition) is 1. The smallest absolute Gasteiger partial charge is 0.123 e. The summed E-state index contributed by atoms with van der Waals surface area (Å²) in [5.41, 5.74) is 0.690. The molecule has 96 valence electrons. The highest BCUT2D eigenvalue weighted by Crippen LogP contribution is 2.32. The molecule has 0 aromatic heterocycles. The lowest BCUT2D eigenvalue weighted by atomic mass is 9.80. The highest BCUT2D eigenvalue weighted by atomic mass is 35.5. The maximum atomic E-state index is 12.9. The molecule has 0 spiro atoms. The number of hydrogen-bond donors (Lipinski definition) is 0. The van der Waals surface area contributed by atoms with E-state index in [1.54, 1.807) is 19.2 Å². The van der Waals surface area contributed by atoms with Crippen molar-refractivity contribution in [3.63, 3.8) is 0 Å². The summed E-state index contributed by atoms with van der Waals surface area (Å²) >= 11 is 12.1. The fraction of sp³-hybridized carbons (Fsp3) is 0.538. The van der Waals surface area contributed by atoms with Gasteiger partial charge in [0.25, 0.3) is 0 Å². The normalized spacial score (nSPS) is 11.8. The van der Waals surface area contributed by atoms with Crippen LogP contribution in [0.25, 0.3) is 0 Å². The molecule has 0 heterocycles. The monoisotopic (exact) mass is 278 g/mol. The van der Waals surface area contributed by atoms with Crippen molar-refractivity contribution in [2.75, 3.05) is 25.5 Å². The second-order valence-corrected chi connectivity index (χ2v) is 4.69. The Morgan fingerprint density at radius 3 is 2.24 bits per heavy atom. The van der Waals surface area contributed by atoms with E-state index in [1.807, 2.05) is 0 Å². The molecule has 1 aromatic carbocycles. The Morgan fingerprint density at radius 2 is 1.76 bits per heavy atom. The topological polar surface area (TPSA) is 9.23 Å². The summed E-state index contributed by atoms with van der Waals surface area (Å²) < 4.78 is 17.9. The lowest BCUT2D eigenvalue weighted by Crippen LogP contribution is -2.31. The van der Waals surface area contributed by atoms with Crippen molar-refractivity contribution in [2.24, 2.45) is 0 Å². The molecule has 1 nitrogen and oxygen atoms in total. The van der Waals surface area contributed by atoms with Crippen LogP contribution in [-0.2, 0) is 10.2 Å². The van der Waals surface area contributed by atoms with Gasteiger partial charge < -0.3 is 4.74 Å². The Hall–Kier alpha value is -0.310. The lowest BCUT2D eigenvalue weighted by Gasteiger charge is -2.30. The first-order chi connectivity index (χ1) is 8.18. The molecule has 0 aliphatic rings. The summed E-state index contributed by atoms with van der Waals surface area (Å²) in [7, 11) is 1.67. The minimum absolute atomic E-state index is 0.247. The molecule has 0 aliphatic carbocycles. The van der Waals surface area contributed by atoms with Gasteiger partial charge >= 0.3 is 0 Å². The van der Waals surface area contributed by atoms with E-state index in [9.17, 15) is 4.39 Å². The third-order valence-corrected chi connectivity index (χ3v) is 4.00. The highest BCUT2D eigenvalue weighted by molar-refractivity contribution is 6.22. The molecule has 0 atom stereocenters.